The van der Waals surface area contributed by atoms with Crippen LogP contribution in [0.1, 0.15) is 34.7 Å². The Morgan fingerprint density at radius 1 is 0.806 bits per heavy atom. The summed E-state index contributed by atoms with van der Waals surface area (Å²) in [5.74, 6) is -0.436. The van der Waals surface area contributed by atoms with Crippen LogP contribution in [0.5, 0.6) is 0 Å². The van der Waals surface area contributed by atoms with Gasteiger partial charge in [-0.3, -0.25) is 9.59 Å². The summed E-state index contributed by atoms with van der Waals surface area (Å²) < 4.78 is 5.66. The molecule has 0 saturated heterocycles. The summed E-state index contributed by atoms with van der Waals surface area (Å²) >= 11 is 0. The molecule has 0 spiro atoms. The Hall–Kier alpha value is -3.73. The Kier molecular flexibility index (Phi) is 6.53. The van der Waals surface area contributed by atoms with E-state index in [0.29, 0.717) is 36.8 Å². The number of benzene rings is 3. The van der Waals surface area contributed by atoms with Gasteiger partial charge >= 0.3 is 0 Å². The van der Waals surface area contributed by atoms with Crippen molar-refractivity contribution in [2.24, 2.45) is 0 Å². The lowest BCUT2D eigenvalue weighted by molar-refractivity contribution is -0.121. The smallest absolute Gasteiger partial charge is 0.266 e. The van der Waals surface area contributed by atoms with Gasteiger partial charge in [-0.15, -0.1) is 0 Å². The van der Waals surface area contributed by atoms with Gasteiger partial charge in [0.25, 0.3) is 5.89 Å². The van der Waals surface area contributed by atoms with Crippen molar-refractivity contribution in [1.29, 1.82) is 0 Å². The largest absolute Gasteiger partial charge is 0.434 e. The Morgan fingerprint density at radius 3 is 2.10 bits per heavy atom. The number of carbonyl (C=O) groups excluding carboxylic acids is 2. The van der Waals surface area contributed by atoms with Gasteiger partial charge < -0.3 is 9.73 Å². The molecule has 156 valence electrons. The van der Waals surface area contributed by atoms with E-state index >= 15 is 0 Å². The van der Waals surface area contributed by atoms with Crippen molar-refractivity contribution in [2.75, 3.05) is 0 Å². The molecule has 31 heavy (non-hydrogen) atoms. The van der Waals surface area contributed by atoms with Gasteiger partial charge in [0.15, 0.2) is 5.58 Å². The van der Waals surface area contributed by atoms with Crippen LogP contribution >= 0.6 is 0 Å². The molecule has 0 aliphatic carbocycles. The summed E-state index contributed by atoms with van der Waals surface area (Å²) in [5, 5.41) is 2.91. The zero-order valence-corrected chi connectivity index (χ0v) is 17.2. The molecule has 1 atom stereocenters. The molecule has 0 aliphatic heterocycles. The second-order valence-electron chi connectivity index (χ2n) is 7.48. The number of aryl methyl sites for hydroxylation is 2. The fourth-order valence-electron chi connectivity index (χ4n) is 3.52. The van der Waals surface area contributed by atoms with E-state index < -0.39 is 6.04 Å². The highest BCUT2D eigenvalue weighted by Crippen LogP contribution is 2.17. The molecule has 1 aromatic heterocycles. The van der Waals surface area contributed by atoms with E-state index in [0.717, 1.165) is 11.1 Å². The van der Waals surface area contributed by atoms with Crippen molar-refractivity contribution < 1.29 is 14.0 Å². The second-order valence-corrected chi connectivity index (χ2v) is 7.48. The number of hydrogen-bond acceptors (Lipinski definition) is 4. The number of amides is 1. The summed E-state index contributed by atoms with van der Waals surface area (Å²) in [6.07, 6.45) is 2.07. The van der Waals surface area contributed by atoms with Crippen LogP contribution in [0.2, 0.25) is 0 Å². The summed E-state index contributed by atoms with van der Waals surface area (Å²) in [5.41, 5.74) is 3.38. The fraction of sp³-hybridized carbons (Fsp3) is 0.192. The van der Waals surface area contributed by atoms with Crippen LogP contribution in [0.25, 0.3) is 11.1 Å². The van der Waals surface area contributed by atoms with E-state index in [2.05, 4.69) is 10.3 Å². The normalized spacial score (nSPS) is 11.9. The number of Topliss-reactive ketones (excluding diaryl/α,β-unsaturated/α-hetero) is 1. The number of hydrogen-bond donors (Lipinski definition) is 1. The molecular formula is C26H24N2O3. The first-order valence-electron chi connectivity index (χ1n) is 10.5. The van der Waals surface area contributed by atoms with Gasteiger partial charge in [-0.1, -0.05) is 72.8 Å². The van der Waals surface area contributed by atoms with Crippen molar-refractivity contribution in [3.63, 3.8) is 0 Å². The van der Waals surface area contributed by atoms with E-state index in [4.69, 9.17) is 4.42 Å². The Morgan fingerprint density at radius 2 is 1.42 bits per heavy atom. The van der Waals surface area contributed by atoms with Gasteiger partial charge in [0.1, 0.15) is 5.52 Å². The number of para-hydroxylation sites is 2. The zero-order chi connectivity index (χ0) is 21.5. The molecule has 3 aromatic carbocycles. The predicted molar refractivity (Wildman–Crippen MR) is 120 cm³/mol. The van der Waals surface area contributed by atoms with Gasteiger partial charge in [0.05, 0.1) is 6.04 Å². The van der Waals surface area contributed by atoms with E-state index in [1.54, 1.807) is 12.1 Å². The molecule has 5 nitrogen and oxygen atoms in total. The van der Waals surface area contributed by atoms with Crippen molar-refractivity contribution in [2.45, 2.75) is 31.7 Å². The molecule has 1 heterocycles. The SMILES string of the molecule is O=C(CCc1ccccc1)NC(CCc1ccccc1)C(=O)c1nc2ccccc2o1. The molecule has 5 heteroatoms. The van der Waals surface area contributed by atoms with Crippen LogP contribution < -0.4 is 5.32 Å². The van der Waals surface area contributed by atoms with Crippen molar-refractivity contribution in [3.05, 3.63) is 102 Å². The van der Waals surface area contributed by atoms with Crippen LogP contribution in [-0.4, -0.2) is 22.7 Å². The highest BCUT2D eigenvalue weighted by atomic mass is 16.4. The third-order valence-electron chi connectivity index (χ3n) is 5.20. The molecule has 4 rings (SSSR count). The molecule has 4 aromatic rings. The van der Waals surface area contributed by atoms with Gasteiger partial charge in [0, 0.05) is 6.42 Å². The lowest BCUT2D eigenvalue weighted by atomic mass is 10.0. The molecule has 0 saturated carbocycles. The molecule has 0 fully saturated rings. The minimum atomic E-state index is -0.698. The summed E-state index contributed by atoms with van der Waals surface area (Å²) in [7, 11) is 0. The predicted octanol–water partition coefficient (Wildman–Crippen LogP) is 4.76. The molecule has 1 amide bonds. The van der Waals surface area contributed by atoms with Crippen LogP contribution in [0.3, 0.4) is 0 Å². The molecule has 0 bridgehead atoms. The molecule has 0 aliphatic rings. The summed E-state index contributed by atoms with van der Waals surface area (Å²) in [6, 6.07) is 26.3. The molecule has 1 N–H and O–H groups in total. The van der Waals surface area contributed by atoms with Gasteiger partial charge in [0.2, 0.25) is 11.7 Å². The van der Waals surface area contributed by atoms with Crippen molar-refractivity contribution >= 4 is 22.8 Å². The van der Waals surface area contributed by atoms with Gasteiger partial charge in [-0.2, -0.15) is 0 Å². The molecule has 0 radical (unpaired) electrons. The number of nitrogens with one attached hydrogen (secondary N) is 1. The maximum Gasteiger partial charge on any atom is 0.266 e. The monoisotopic (exact) mass is 412 g/mol. The summed E-state index contributed by atoms with van der Waals surface area (Å²) in [6.45, 7) is 0. The number of fused-ring (bicyclic) bond motifs is 1. The lowest BCUT2D eigenvalue weighted by Crippen LogP contribution is -2.41. The van der Waals surface area contributed by atoms with Crippen LogP contribution in [-0.2, 0) is 17.6 Å². The van der Waals surface area contributed by atoms with Crippen LogP contribution in [0.15, 0.2) is 89.3 Å². The van der Waals surface area contributed by atoms with Gasteiger partial charge in [-0.25, -0.2) is 4.98 Å². The number of nitrogens with zero attached hydrogens (tertiary/aromatic N) is 1. The third kappa shape index (κ3) is 5.45. The second kappa shape index (κ2) is 9.85. The first-order valence-corrected chi connectivity index (χ1v) is 10.5. The van der Waals surface area contributed by atoms with E-state index in [1.165, 1.54) is 0 Å². The lowest BCUT2D eigenvalue weighted by Gasteiger charge is -2.16. The number of aromatic nitrogens is 1. The minimum absolute atomic E-state index is 0.0302. The minimum Gasteiger partial charge on any atom is -0.434 e. The Balaban J connectivity index is 1.47. The van der Waals surface area contributed by atoms with Crippen molar-refractivity contribution in [1.82, 2.24) is 10.3 Å². The van der Waals surface area contributed by atoms with E-state index in [1.807, 2.05) is 72.8 Å². The van der Waals surface area contributed by atoms with Crippen LogP contribution in [0, 0.1) is 0 Å². The quantitative estimate of drug-likeness (QED) is 0.402. The average Bonchev–Trinajstić information content (AvgIpc) is 3.26. The van der Waals surface area contributed by atoms with Gasteiger partial charge in [-0.05, 0) is 42.5 Å². The Bertz CT molecular complexity index is 1120. The van der Waals surface area contributed by atoms with E-state index in [9.17, 15) is 9.59 Å². The maximum absolute atomic E-state index is 13.2. The Labute approximate surface area is 181 Å². The number of oxazole rings is 1. The fourth-order valence-corrected chi connectivity index (χ4v) is 3.52. The zero-order valence-electron chi connectivity index (χ0n) is 17.2. The first-order chi connectivity index (χ1) is 15.2. The van der Waals surface area contributed by atoms with E-state index in [-0.39, 0.29) is 17.6 Å². The number of carbonyl (C=O) groups is 2. The molecular weight excluding hydrogens is 388 g/mol. The van der Waals surface area contributed by atoms with Crippen LogP contribution in [0.4, 0.5) is 0 Å². The molecule has 1 unspecified atom stereocenters. The topological polar surface area (TPSA) is 72.2 Å². The highest BCUT2D eigenvalue weighted by molar-refractivity contribution is 6.00. The number of rotatable bonds is 9. The number of ketones is 1. The van der Waals surface area contributed by atoms with Crippen molar-refractivity contribution in [3.8, 4) is 0 Å². The highest BCUT2D eigenvalue weighted by Gasteiger charge is 2.26. The maximum atomic E-state index is 13.2. The summed E-state index contributed by atoms with van der Waals surface area (Å²) in [4.78, 5) is 30.1. The average molecular weight is 412 g/mol. The third-order valence-corrected chi connectivity index (χ3v) is 5.20. The standard InChI is InChI=1S/C26H24N2O3/c29-24(18-16-20-11-5-2-6-12-20)27-22(17-15-19-9-3-1-4-10-19)25(30)26-28-21-13-7-8-14-23(21)31-26/h1-14,22H,15-18H2,(H,27,29). The first kappa shape index (κ1) is 20.5.